The molecular weight excluding hydrogens is 845 g/mol. The number of hydrogen-bond acceptors (Lipinski definition) is 4. The molecule has 6 rings (SSSR count). The zero-order chi connectivity index (χ0) is 51.1. The first-order valence-corrected chi connectivity index (χ1v) is 25.2. The van der Waals surface area contributed by atoms with Gasteiger partial charge in [0.2, 0.25) is 0 Å². The zero-order valence-corrected chi connectivity index (χ0v) is 45.5. The molecule has 6 aromatic rings. The van der Waals surface area contributed by atoms with Crippen LogP contribution in [0.2, 0.25) is 0 Å². The lowest BCUT2D eigenvalue weighted by Gasteiger charge is -2.30. The summed E-state index contributed by atoms with van der Waals surface area (Å²) >= 11 is 0. The highest BCUT2D eigenvalue weighted by Gasteiger charge is 2.32. The molecule has 0 bridgehead atoms. The first-order valence-electron chi connectivity index (χ1n) is 25.2. The number of hydrogen-bond donors (Lipinski definition) is 2. The molecule has 0 amide bonds. The Kier molecular flexibility index (Phi) is 15.4. The van der Waals surface area contributed by atoms with E-state index in [2.05, 4.69) is 210 Å². The average Bonchev–Trinajstić information content (AvgIpc) is 3.25. The summed E-state index contributed by atoms with van der Waals surface area (Å²) in [6, 6.07) is 43.0. The van der Waals surface area contributed by atoms with E-state index in [1.165, 1.54) is 22.3 Å². The minimum atomic E-state index is -1.11. The fraction of sp³-hybridized carbons (Fsp3) is 0.446. The van der Waals surface area contributed by atoms with E-state index in [4.69, 9.17) is 9.47 Å². The Morgan fingerprint density at radius 3 is 0.870 bits per heavy atom. The van der Waals surface area contributed by atoms with E-state index in [1.54, 1.807) is 0 Å². The Hall–Kier alpha value is -5.16. The Bertz CT molecular complexity index is 2450. The third-order valence-corrected chi connectivity index (χ3v) is 13.5. The number of aliphatic hydroxyl groups excluding tert-OH is 2. The second kappa shape index (κ2) is 19.9. The van der Waals surface area contributed by atoms with Crippen molar-refractivity contribution in [2.45, 2.75) is 189 Å². The van der Waals surface area contributed by atoms with Gasteiger partial charge >= 0.3 is 0 Å². The van der Waals surface area contributed by atoms with Crippen molar-refractivity contribution in [2.75, 3.05) is 0 Å². The molecule has 0 saturated carbocycles. The Labute approximate surface area is 417 Å². The molecule has 0 aliphatic heterocycles. The van der Waals surface area contributed by atoms with Crippen molar-refractivity contribution < 1.29 is 19.7 Å². The van der Waals surface area contributed by atoms with Gasteiger partial charge in [0.1, 0.15) is 24.7 Å². The number of aliphatic hydroxyl groups is 2. The summed E-state index contributed by atoms with van der Waals surface area (Å²) < 4.78 is 14.0. The van der Waals surface area contributed by atoms with Gasteiger partial charge in [0.15, 0.2) is 0 Å². The van der Waals surface area contributed by atoms with Crippen molar-refractivity contribution in [3.8, 4) is 33.8 Å². The topological polar surface area (TPSA) is 58.9 Å². The van der Waals surface area contributed by atoms with Crippen LogP contribution in [0.25, 0.3) is 22.3 Å². The minimum absolute atomic E-state index is 0.00795. The summed E-state index contributed by atoms with van der Waals surface area (Å²) in [5.74, 6) is 1.24. The van der Waals surface area contributed by atoms with Gasteiger partial charge in [-0.15, -0.1) is 0 Å². The van der Waals surface area contributed by atoms with Crippen molar-refractivity contribution >= 4 is 0 Å². The maximum Gasteiger partial charge on any atom is 0.133 e. The molecule has 6 aromatic carbocycles. The van der Waals surface area contributed by atoms with Gasteiger partial charge in [-0.2, -0.15) is 0 Å². The summed E-state index contributed by atoms with van der Waals surface area (Å²) in [6.45, 7) is 41.0. The van der Waals surface area contributed by atoms with E-state index in [9.17, 15) is 10.2 Å². The van der Waals surface area contributed by atoms with E-state index in [0.29, 0.717) is 35.8 Å². The van der Waals surface area contributed by atoms with Crippen molar-refractivity contribution in [2.24, 2.45) is 0 Å². The van der Waals surface area contributed by atoms with Crippen LogP contribution in [-0.4, -0.2) is 10.2 Å². The van der Waals surface area contributed by atoms with Crippen LogP contribution in [-0.2, 0) is 45.7 Å². The highest BCUT2D eigenvalue weighted by molar-refractivity contribution is 5.77. The molecule has 4 heteroatoms. The molecule has 0 heterocycles. The predicted octanol–water partition coefficient (Wildman–Crippen LogP) is 17.1. The highest BCUT2D eigenvalue weighted by Crippen LogP contribution is 2.48. The van der Waals surface area contributed by atoms with Crippen LogP contribution < -0.4 is 9.47 Å². The smallest absolute Gasteiger partial charge is 0.133 e. The number of ether oxygens (including phenoxy) is 2. The van der Waals surface area contributed by atoms with E-state index in [-0.39, 0.29) is 38.9 Å². The minimum Gasteiger partial charge on any atom is -0.488 e. The monoisotopic (exact) mass is 929 g/mol. The maximum atomic E-state index is 12.9. The van der Waals surface area contributed by atoms with Crippen molar-refractivity contribution in [1.29, 1.82) is 0 Å². The van der Waals surface area contributed by atoms with Crippen molar-refractivity contribution in [3.05, 3.63) is 177 Å². The molecule has 0 spiro atoms. The summed E-state index contributed by atoms with van der Waals surface area (Å²) in [4.78, 5) is 0. The molecule has 69 heavy (non-hydrogen) atoms. The summed E-state index contributed by atoms with van der Waals surface area (Å²) in [5.41, 5.74) is 13.4. The van der Waals surface area contributed by atoms with Gasteiger partial charge in [0.25, 0.3) is 0 Å². The van der Waals surface area contributed by atoms with Gasteiger partial charge in [-0.25, -0.2) is 0 Å². The van der Waals surface area contributed by atoms with Crippen LogP contribution >= 0.6 is 0 Å². The first kappa shape index (κ1) is 53.2. The van der Waals surface area contributed by atoms with Gasteiger partial charge in [-0.3, -0.25) is 0 Å². The lowest BCUT2D eigenvalue weighted by molar-refractivity contribution is 0.0761. The van der Waals surface area contributed by atoms with Crippen LogP contribution in [0.5, 0.6) is 11.5 Å². The van der Waals surface area contributed by atoms with Gasteiger partial charge in [0, 0.05) is 28.7 Å². The Morgan fingerprint density at radius 2 is 0.609 bits per heavy atom. The number of benzene rings is 6. The first-order chi connectivity index (χ1) is 31.8. The fourth-order valence-corrected chi connectivity index (χ4v) is 8.64. The highest BCUT2D eigenvalue weighted by atomic mass is 16.5. The lowest BCUT2D eigenvalue weighted by atomic mass is 9.77. The van der Waals surface area contributed by atoms with Gasteiger partial charge in [-0.05, 0) is 112 Å². The fourth-order valence-electron chi connectivity index (χ4n) is 8.64. The summed E-state index contributed by atoms with van der Waals surface area (Å²) in [6.07, 6.45) is -2.21. The van der Waals surface area contributed by atoms with Gasteiger partial charge < -0.3 is 19.7 Å². The number of rotatable bonds is 12. The molecular formula is C65H84O4. The molecule has 0 aliphatic rings. The summed E-state index contributed by atoms with van der Waals surface area (Å²) in [5, 5.41) is 25.9. The quantitative estimate of drug-likeness (QED) is 0.128. The second-order valence-electron chi connectivity index (χ2n) is 25.8. The van der Waals surface area contributed by atoms with Gasteiger partial charge in [-0.1, -0.05) is 222 Å². The predicted molar refractivity (Wildman–Crippen MR) is 292 cm³/mol. The maximum absolute atomic E-state index is 12.9. The Morgan fingerprint density at radius 1 is 0.348 bits per heavy atom. The largest absolute Gasteiger partial charge is 0.488 e. The van der Waals surface area contributed by atoms with Gasteiger partial charge in [0.05, 0.1) is 12.2 Å². The van der Waals surface area contributed by atoms with Crippen LogP contribution in [0.1, 0.15) is 199 Å². The molecule has 4 nitrogen and oxygen atoms in total. The SMILES string of the molecule is CC(C)(C)c1cc(-c2cc(C(C)(C)C)cc(C(O)CC(O)c3cc(C(C)(C)C)cc(-c4cc(C(C)(C)C)cc(C(C)(C)C)c4)c3OCc3ccccc3)c2OCc2ccccc2)cc(C(C)(C)C)c1. The van der Waals surface area contributed by atoms with Crippen LogP contribution in [0, 0.1) is 0 Å². The van der Waals surface area contributed by atoms with E-state index in [0.717, 1.165) is 44.5 Å². The zero-order valence-electron chi connectivity index (χ0n) is 45.5. The van der Waals surface area contributed by atoms with E-state index >= 15 is 0 Å². The molecule has 2 N–H and O–H groups in total. The molecule has 2 unspecified atom stereocenters. The summed E-state index contributed by atoms with van der Waals surface area (Å²) in [7, 11) is 0. The third-order valence-electron chi connectivity index (χ3n) is 13.5. The lowest BCUT2D eigenvalue weighted by Crippen LogP contribution is -2.18. The van der Waals surface area contributed by atoms with Crippen LogP contribution in [0.4, 0.5) is 0 Å². The average molecular weight is 929 g/mol. The molecule has 0 saturated heterocycles. The molecule has 2 atom stereocenters. The second-order valence-corrected chi connectivity index (χ2v) is 25.8. The normalized spacial score (nSPS) is 13.9. The van der Waals surface area contributed by atoms with E-state index in [1.807, 2.05) is 36.4 Å². The molecule has 368 valence electrons. The van der Waals surface area contributed by atoms with Crippen molar-refractivity contribution in [3.63, 3.8) is 0 Å². The molecule has 0 radical (unpaired) electrons. The molecule has 0 aromatic heterocycles. The Balaban J connectivity index is 1.60. The van der Waals surface area contributed by atoms with Crippen LogP contribution in [0.15, 0.2) is 121 Å². The third kappa shape index (κ3) is 13.2. The van der Waals surface area contributed by atoms with Crippen molar-refractivity contribution in [1.82, 2.24) is 0 Å². The molecule has 0 aliphatic carbocycles. The standard InChI is InChI=1S/C65H84O4/c1-60(2,3)46-29-44(30-47(33-46)61(4,5)6)52-35-50(64(13,14)15)37-54(58(52)68-40-42-25-21-19-22-26-42)56(66)39-57(67)55-38-51(65(16,17)18)36-53(59(55)69-41-43-27-23-20-24-28-43)45-31-48(62(7,8)9)34-49(32-45)63(10,11)12/h19-38,56-57,66-67H,39-41H2,1-18H3. The van der Waals surface area contributed by atoms with Crippen LogP contribution in [0.3, 0.4) is 0 Å². The molecule has 0 fully saturated rings. The van der Waals surface area contributed by atoms with E-state index < -0.39 is 12.2 Å².